The number of ketones is 1. The molecule has 1 atom stereocenters. The van der Waals surface area contributed by atoms with E-state index in [2.05, 4.69) is 4.98 Å². The molecule has 1 aliphatic heterocycles. The molecule has 10 heteroatoms. The predicted octanol–water partition coefficient (Wildman–Crippen LogP) is 5.27. The fourth-order valence-corrected chi connectivity index (χ4v) is 5.69. The van der Waals surface area contributed by atoms with Gasteiger partial charge in [0.05, 0.1) is 50.3 Å². The molecule has 1 unspecified atom stereocenters. The zero-order valence-corrected chi connectivity index (χ0v) is 22.8. The maximum Gasteiger partial charge on any atom is 0.301 e. The number of hydrogen-bond acceptors (Lipinski definition) is 9. The van der Waals surface area contributed by atoms with Gasteiger partial charge in [-0.05, 0) is 66.6 Å². The molecule has 0 bridgehead atoms. The van der Waals surface area contributed by atoms with Gasteiger partial charge in [0.15, 0.2) is 16.6 Å². The summed E-state index contributed by atoms with van der Waals surface area (Å²) in [6.07, 6.45) is 0. The second kappa shape index (κ2) is 10.3. The van der Waals surface area contributed by atoms with Crippen LogP contribution in [0.25, 0.3) is 16.0 Å². The lowest BCUT2D eigenvalue weighted by molar-refractivity contribution is -0.132. The van der Waals surface area contributed by atoms with E-state index < -0.39 is 17.7 Å². The first-order chi connectivity index (χ1) is 18.8. The van der Waals surface area contributed by atoms with Gasteiger partial charge in [-0.1, -0.05) is 17.4 Å². The first kappa shape index (κ1) is 26.1. The van der Waals surface area contributed by atoms with E-state index in [4.69, 9.17) is 18.9 Å². The smallest absolute Gasteiger partial charge is 0.301 e. The Hall–Kier alpha value is -4.57. The van der Waals surface area contributed by atoms with E-state index in [0.29, 0.717) is 44.8 Å². The van der Waals surface area contributed by atoms with Crippen molar-refractivity contribution in [2.24, 2.45) is 0 Å². The van der Waals surface area contributed by atoms with E-state index >= 15 is 0 Å². The number of carbonyl (C=O) groups excluding carboxylic acids is 2. The molecule has 1 fully saturated rings. The molecule has 1 saturated heterocycles. The van der Waals surface area contributed by atoms with Crippen LogP contribution in [0.3, 0.4) is 0 Å². The molecule has 1 N–H and O–H groups in total. The number of anilines is 1. The standard InChI is InChI=1S/C29H26N2O7S/c1-15-12-17(7-10-20(15)36-3)26(32)24-25(16-6-11-21(37-4)22(13-16)38-5)31(28(34)27(24)33)29-30-19-9-8-18(35-2)14-23(19)39-29/h6-14,25,32H,1-5H3. The Kier molecular flexibility index (Phi) is 6.88. The summed E-state index contributed by atoms with van der Waals surface area (Å²) >= 11 is 1.25. The van der Waals surface area contributed by atoms with Crippen LogP contribution < -0.4 is 23.8 Å². The minimum atomic E-state index is -0.977. The molecule has 0 radical (unpaired) electrons. The first-order valence-electron chi connectivity index (χ1n) is 11.9. The molecule has 1 amide bonds. The average Bonchev–Trinajstić information content (AvgIpc) is 3.49. The lowest BCUT2D eigenvalue weighted by atomic mass is 9.94. The minimum absolute atomic E-state index is 0.0615. The van der Waals surface area contributed by atoms with E-state index in [1.54, 1.807) is 62.8 Å². The van der Waals surface area contributed by atoms with Crippen molar-refractivity contribution in [1.82, 2.24) is 4.98 Å². The number of hydrogen-bond donors (Lipinski definition) is 1. The van der Waals surface area contributed by atoms with Gasteiger partial charge >= 0.3 is 5.91 Å². The van der Waals surface area contributed by atoms with Crippen LogP contribution in [0.4, 0.5) is 5.13 Å². The molecule has 1 aromatic heterocycles. The van der Waals surface area contributed by atoms with E-state index in [0.717, 1.165) is 10.3 Å². The number of Topliss-reactive ketones (excluding diaryl/α,β-unsaturated/α-hetero) is 1. The summed E-state index contributed by atoms with van der Waals surface area (Å²) in [6.45, 7) is 1.83. The Balaban J connectivity index is 1.74. The fourth-order valence-electron chi connectivity index (χ4n) is 4.67. The number of aryl methyl sites for hydroxylation is 1. The number of ether oxygens (including phenoxy) is 4. The van der Waals surface area contributed by atoms with Gasteiger partial charge in [-0.3, -0.25) is 14.5 Å². The monoisotopic (exact) mass is 546 g/mol. The molecular formula is C29H26N2O7S. The van der Waals surface area contributed by atoms with Crippen LogP contribution in [0.1, 0.15) is 22.7 Å². The summed E-state index contributed by atoms with van der Waals surface area (Å²) < 4.78 is 22.3. The Bertz CT molecular complexity index is 1640. The molecule has 1 aliphatic rings. The Morgan fingerprint density at radius 1 is 0.872 bits per heavy atom. The topological polar surface area (TPSA) is 107 Å². The number of carbonyl (C=O) groups is 2. The van der Waals surface area contributed by atoms with Gasteiger partial charge in [0.25, 0.3) is 5.78 Å². The van der Waals surface area contributed by atoms with E-state index in [1.165, 1.54) is 30.5 Å². The van der Waals surface area contributed by atoms with Gasteiger partial charge < -0.3 is 24.1 Å². The van der Waals surface area contributed by atoms with Gasteiger partial charge in [-0.2, -0.15) is 0 Å². The van der Waals surface area contributed by atoms with E-state index in [9.17, 15) is 14.7 Å². The van der Waals surface area contributed by atoms with Crippen LogP contribution in [-0.4, -0.2) is 50.2 Å². The van der Waals surface area contributed by atoms with Crippen molar-refractivity contribution < 1.29 is 33.6 Å². The summed E-state index contributed by atoms with van der Waals surface area (Å²) in [6, 6.07) is 14.6. The molecule has 0 aliphatic carbocycles. The second-order valence-corrected chi connectivity index (χ2v) is 9.81. The number of fused-ring (bicyclic) bond motifs is 1. The van der Waals surface area contributed by atoms with Gasteiger partial charge in [0.1, 0.15) is 17.3 Å². The van der Waals surface area contributed by atoms with Crippen molar-refractivity contribution in [3.8, 4) is 23.0 Å². The molecule has 3 aromatic carbocycles. The fraction of sp³-hybridized carbons (Fsp3) is 0.207. The normalized spacial score (nSPS) is 16.5. The number of thiazole rings is 1. The number of aliphatic hydroxyl groups is 1. The van der Waals surface area contributed by atoms with Crippen LogP contribution in [0.5, 0.6) is 23.0 Å². The molecule has 2 heterocycles. The Labute approximate surface area is 228 Å². The predicted molar refractivity (Wildman–Crippen MR) is 148 cm³/mol. The third-order valence-electron chi connectivity index (χ3n) is 6.63. The first-order valence-corrected chi connectivity index (χ1v) is 12.8. The summed E-state index contributed by atoms with van der Waals surface area (Å²) in [4.78, 5) is 33.1. The lowest BCUT2D eigenvalue weighted by Crippen LogP contribution is -2.29. The molecule has 5 rings (SSSR count). The second-order valence-electron chi connectivity index (χ2n) is 8.80. The minimum Gasteiger partial charge on any atom is -0.507 e. The van der Waals surface area contributed by atoms with Crippen LogP contribution in [-0.2, 0) is 9.59 Å². The van der Waals surface area contributed by atoms with Gasteiger partial charge in [0.2, 0.25) is 0 Å². The Morgan fingerprint density at radius 3 is 2.26 bits per heavy atom. The summed E-state index contributed by atoms with van der Waals surface area (Å²) in [5.41, 5.74) is 2.27. The maximum absolute atomic E-state index is 13.6. The summed E-state index contributed by atoms with van der Waals surface area (Å²) in [7, 11) is 6.14. The number of amides is 1. The lowest BCUT2D eigenvalue weighted by Gasteiger charge is -2.23. The highest BCUT2D eigenvalue weighted by Gasteiger charge is 2.48. The quantitative estimate of drug-likeness (QED) is 0.190. The van der Waals surface area contributed by atoms with Crippen LogP contribution >= 0.6 is 11.3 Å². The maximum atomic E-state index is 13.6. The van der Waals surface area contributed by atoms with Crippen LogP contribution in [0.2, 0.25) is 0 Å². The highest BCUT2D eigenvalue weighted by atomic mass is 32.1. The van der Waals surface area contributed by atoms with Crippen molar-refractivity contribution in [2.45, 2.75) is 13.0 Å². The van der Waals surface area contributed by atoms with Gasteiger partial charge in [-0.25, -0.2) is 4.98 Å². The van der Waals surface area contributed by atoms with Crippen molar-refractivity contribution in [3.63, 3.8) is 0 Å². The number of aromatic nitrogens is 1. The molecule has 39 heavy (non-hydrogen) atoms. The number of aliphatic hydroxyl groups excluding tert-OH is 1. The summed E-state index contributed by atoms with van der Waals surface area (Å²) in [5.74, 6) is 0.250. The highest BCUT2D eigenvalue weighted by molar-refractivity contribution is 7.22. The Morgan fingerprint density at radius 2 is 1.59 bits per heavy atom. The van der Waals surface area contributed by atoms with Crippen LogP contribution in [0, 0.1) is 6.92 Å². The molecule has 0 saturated carbocycles. The van der Waals surface area contributed by atoms with Crippen molar-refractivity contribution in [1.29, 1.82) is 0 Å². The highest BCUT2D eigenvalue weighted by Crippen LogP contribution is 2.46. The number of rotatable bonds is 7. The van der Waals surface area contributed by atoms with Gasteiger partial charge in [-0.15, -0.1) is 0 Å². The SMILES string of the molecule is COc1ccc2nc(N3C(=O)C(=O)C(=C(O)c4ccc(OC)c(C)c4)C3c3ccc(OC)c(OC)c3)sc2c1. The molecule has 200 valence electrons. The average molecular weight is 547 g/mol. The summed E-state index contributed by atoms with van der Waals surface area (Å²) in [5, 5.41) is 11.8. The number of nitrogens with zero attached hydrogens (tertiary/aromatic N) is 2. The van der Waals surface area contributed by atoms with Crippen LogP contribution in [0.15, 0.2) is 60.2 Å². The zero-order valence-electron chi connectivity index (χ0n) is 22.0. The van der Waals surface area contributed by atoms with E-state index in [1.807, 2.05) is 13.0 Å². The largest absolute Gasteiger partial charge is 0.507 e. The third-order valence-corrected chi connectivity index (χ3v) is 7.64. The number of benzene rings is 3. The molecule has 4 aromatic rings. The molecule has 9 nitrogen and oxygen atoms in total. The van der Waals surface area contributed by atoms with Crippen molar-refractivity contribution in [2.75, 3.05) is 33.3 Å². The van der Waals surface area contributed by atoms with Gasteiger partial charge in [0, 0.05) is 5.56 Å². The number of methoxy groups -OCH3 is 4. The molecule has 0 spiro atoms. The van der Waals surface area contributed by atoms with E-state index in [-0.39, 0.29) is 11.3 Å². The molecular weight excluding hydrogens is 520 g/mol. The third kappa shape index (κ3) is 4.42. The zero-order chi connectivity index (χ0) is 27.8. The van der Waals surface area contributed by atoms with Crippen molar-refractivity contribution in [3.05, 3.63) is 76.9 Å². The van der Waals surface area contributed by atoms with Crippen molar-refractivity contribution >= 4 is 44.1 Å².